The SMILES string of the molecule is CCCC[C@H](O)/C=C(C)/C=C/C=C(C)/C=C(C)/C=C/C(=O)O[C@H]1CCCC(=O)O[C@@H](C(C)C)C/C=C/C[C@@H]1C. The molecule has 1 N–H and O–H groups in total. The Hall–Kier alpha value is -2.66. The van der Waals surface area contributed by atoms with E-state index in [1.165, 1.54) is 6.08 Å². The second kappa shape index (κ2) is 19.4. The van der Waals surface area contributed by atoms with Crippen molar-refractivity contribution in [2.45, 2.75) is 118 Å². The van der Waals surface area contributed by atoms with E-state index < -0.39 is 6.10 Å². The maximum atomic E-state index is 12.6. The molecule has 0 fully saturated rings. The molecule has 0 unspecified atom stereocenters. The summed E-state index contributed by atoms with van der Waals surface area (Å²) in [5.74, 6) is -0.128. The number of esters is 2. The first-order chi connectivity index (χ1) is 18.5. The number of unbranched alkanes of at least 4 members (excludes halogenated alkanes) is 1. The zero-order valence-electron chi connectivity index (χ0n) is 25.3. The summed E-state index contributed by atoms with van der Waals surface area (Å²) in [6.45, 7) is 14.3. The van der Waals surface area contributed by atoms with Crippen molar-refractivity contribution in [2.24, 2.45) is 11.8 Å². The van der Waals surface area contributed by atoms with Gasteiger partial charge in [-0.15, -0.1) is 0 Å². The number of carbonyl (C=O) groups excluding carboxylic acids is 2. The van der Waals surface area contributed by atoms with Crippen molar-refractivity contribution in [1.29, 1.82) is 0 Å². The van der Waals surface area contributed by atoms with Crippen LogP contribution < -0.4 is 0 Å². The molecule has 0 spiro atoms. The molecule has 218 valence electrons. The Morgan fingerprint density at radius 2 is 1.82 bits per heavy atom. The fourth-order valence-corrected chi connectivity index (χ4v) is 4.33. The molecular formula is C34H52O5. The summed E-state index contributed by atoms with van der Waals surface area (Å²) in [7, 11) is 0. The van der Waals surface area contributed by atoms with Crippen LogP contribution in [0.5, 0.6) is 0 Å². The Bertz CT molecular complexity index is 931. The highest BCUT2D eigenvalue weighted by molar-refractivity contribution is 5.82. The summed E-state index contributed by atoms with van der Waals surface area (Å²) in [6, 6.07) is 0. The summed E-state index contributed by atoms with van der Waals surface area (Å²) in [5.41, 5.74) is 3.01. The maximum Gasteiger partial charge on any atom is 0.331 e. The second-order valence-corrected chi connectivity index (χ2v) is 11.2. The number of hydrogen-bond acceptors (Lipinski definition) is 5. The predicted octanol–water partition coefficient (Wildman–Crippen LogP) is 8.12. The number of ether oxygens (including phenoxy) is 2. The highest BCUT2D eigenvalue weighted by Gasteiger charge is 2.23. The second-order valence-electron chi connectivity index (χ2n) is 11.2. The van der Waals surface area contributed by atoms with E-state index in [1.807, 2.05) is 51.2 Å². The largest absolute Gasteiger partial charge is 0.462 e. The average Bonchev–Trinajstić information content (AvgIpc) is 2.86. The van der Waals surface area contributed by atoms with E-state index in [1.54, 1.807) is 6.08 Å². The van der Waals surface area contributed by atoms with E-state index in [9.17, 15) is 14.7 Å². The lowest BCUT2D eigenvalue weighted by Gasteiger charge is -2.24. The van der Waals surface area contributed by atoms with E-state index in [0.29, 0.717) is 25.7 Å². The van der Waals surface area contributed by atoms with Crippen molar-refractivity contribution in [3.05, 3.63) is 71.4 Å². The van der Waals surface area contributed by atoms with Crippen LogP contribution in [0.1, 0.15) is 99.8 Å². The molecule has 1 rings (SSSR count). The highest BCUT2D eigenvalue weighted by atomic mass is 16.5. The molecule has 0 saturated carbocycles. The molecule has 0 aromatic carbocycles. The third kappa shape index (κ3) is 16.1. The van der Waals surface area contributed by atoms with Crippen LogP contribution in [0.4, 0.5) is 0 Å². The zero-order chi connectivity index (χ0) is 29.2. The van der Waals surface area contributed by atoms with Crippen LogP contribution in [0, 0.1) is 11.8 Å². The van der Waals surface area contributed by atoms with Gasteiger partial charge in [0.25, 0.3) is 0 Å². The third-order valence-electron chi connectivity index (χ3n) is 6.81. The molecule has 1 aliphatic rings. The van der Waals surface area contributed by atoms with Crippen LogP contribution in [0.3, 0.4) is 0 Å². The molecule has 5 nitrogen and oxygen atoms in total. The minimum absolute atomic E-state index is 0.0941. The number of aliphatic hydroxyl groups excluding tert-OH is 1. The standard InChI is InChI=1S/C34H52O5/c1-8-9-17-30(35)24-27(5)15-12-14-26(4)23-28(6)21-22-34(37)39-32-19-13-20-33(36)38-31(25(2)3)18-11-10-16-29(32)7/h10-12,14-15,21-25,29-32,35H,8-9,13,16-20H2,1-7H3/b11-10+,15-12+,22-21+,26-14+,27-24+,28-23+/t29-,30-,31+,32-/m0/s1. The van der Waals surface area contributed by atoms with Gasteiger partial charge in [-0.05, 0) is 58.3 Å². The van der Waals surface area contributed by atoms with Gasteiger partial charge in [0.1, 0.15) is 12.2 Å². The van der Waals surface area contributed by atoms with Gasteiger partial charge in [-0.25, -0.2) is 4.79 Å². The normalized spacial score (nSPS) is 24.4. The Morgan fingerprint density at radius 3 is 2.51 bits per heavy atom. The smallest absolute Gasteiger partial charge is 0.331 e. The Labute approximate surface area is 237 Å². The summed E-state index contributed by atoms with van der Waals surface area (Å²) < 4.78 is 11.5. The van der Waals surface area contributed by atoms with Gasteiger partial charge in [-0.3, -0.25) is 4.79 Å². The quantitative estimate of drug-likeness (QED) is 0.124. The molecule has 0 radical (unpaired) electrons. The maximum absolute atomic E-state index is 12.6. The van der Waals surface area contributed by atoms with Gasteiger partial charge in [0.2, 0.25) is 0 Å². The van der Waals surface area contributed by atoms with E-state index in [2.05, 4.69) is 39.8 Å². The Kier molecular flexibility index (Phi) is 17.1. The molecule has 1 aliphatic heterocycles. The fraction of sp³-hybridized carbons (Fsp3) is 0.588. The minimum atomic E-state index is -0.398. The van der Waals surface area contributed by atoms with Gasteiger partial charge < -0.3 is 14.6 Å². The molecule has 0 saturated heterocycles. The van der Waals surface area contributed by atoms with Crippen LogP contribution in [-0.4, -0.2) is 35.4 Å². The Morgan fingerprint density at radius 1 is 1.10 bits per heavy atom. The lowest BCUT2D eigenvalue weighted by atomic mass is 9.94. The van der Waals surface area contributed by atoms with Crippen LogP contribution >= 0.6 is 0 Å². The number of aliphatic hydroxyl groups is 1. The van der Waals surface area contributed by atoms with Crippen LogP contribution in [-0.2, 0) is 19.1 Å². The lowest BCUT2D eigenvalue weighted by Crippen LogP contribution is -2.26. The average molecular weight is 541 g/mol. The van der Waals surface area contributed by atoms with E-state index in [-0.39, 0.29) is 36.0 Å². The number of rotatable bonds is 11. The summed E-state index contributed by atoms with van der Waals surface area (Å²) in [4.78, 5) is 24.9. The van der Waals surface area contributed by atoms with Gasteiger partial charge in [0.15, 0.2) is 0 Å². The summed E-state index contributed by atoms with van der Waals surface area (Å²) in [6.07, 6.45) is 22.5. The molecule has 0 amide bonds. The predicted molar refractivity (Wildman–Crippen MR) is 161 cm³/mol. The molecule has 4 atom stereocenters. The minimum Gasteiger partial charge on any atom is -0.462 e. The van der Waals surface area contributed by atoms with Crippen molar-refractivity contribution in [3.8, 4) is 0 Å². The summed E-state index contributed by atoms with van der Waals surface area (Å²) >= 11 is 0. The van der Waals surface area contributed by atoms with Crippen LogP contribution in [0.15, 0.2) is 71.4 Å². The number of allylic oxidation sites excluding steroid dienone is 9. The van der Waals surface area contributed by atoms with Crippen molar-refractivity contribution in [2.75, 3.05) is 0 Å². The molecule has 1 heterocycles. The monoisotopic (exact) mass is 540 g/mol. The van der Waals surface area contributed by atoms with Gasteiger partial charge in [-0.2, -0.15) is 0 Å². The van der Waals surface area contributed by atoms with Crippen molar-refractivity contribution in [1.82, 2.24) is 0 Å². The molecule has 0 bridgehead atoms. The molecular weight excluding hydrogens is 488 g/mol. The first-order valence-corrected chi connectivity index (χ1v) is 14.6. The zero-order valence-corrected chi connectivity index (χ0v) is 25.3. The van der Waals surface area contributed by atoms with Gasteiger partial charge >= 0.3 is 11.9 Å². The number of hydrogen-bond donors (Lipinski definition) is 1. The van der Waals surface area contributed by atoms with Crippen LogP contribution in [0.2, 0.25) is 0 Å². The highest BCUT2D eigenvalue weighted by Crippen LogP contribution is 2.22. The van der Waals surface area contributed by atoms with Crippen molar-refractivity contribution in [3.63, 3.8) is 0 Å². The topological polar surface area (TPSA) is 72.8 Å². The van der Waals surface area contributed by atoms with Gasteiger partial charge in [-0.1, -0.05) is 106 Å². The first kappa shape index (κ1) is 34.4. The van der Waals surface area contributed by atoms with Crippen molar-refractivity contribution < 1.29 is 24.2 Å². The van der Waals surface area contributed by atoms with Gasteiger partial charge in [0.05, 0.1) is 6.10 Å². The van der Waals surface area contributed by atoms with Crippen molar-refractivity contribution >= 4 is 11.9 Å². The Balaban J connectivity index is 2.71. The summed E-state index contributed by atoms with van der Waals surface area (Å²) in [5, 5.41) is 10.0. The molecule has 0 aromatic heterocycles. The number of cyclic esters (lactones) is 1. The number of carbonyl (C=O) groups is 2. The fourth-order valence-electron chi connectivity index (χ4n) is 4.33. The lowest BCUT2D eigenvalue weighted by molar-refractivity contribution is -0.151. The molecule has 39 heavy (non-hydrogen) atoms. The molecule has 0 aromatic rings. The third-order valence-corrected chi connectivity index (χ3v) is 6.81. The van der Waals surface area contributed by atoms with E-state index in [4.69, 9.17) is 9.47 Å². The van der Waals surface area contributed by atoms with Crippen LogP contribution in [0.25, 0.3) is 0 Å². The molecule has 0 aliphatic carbocycles. The van der Waals surface area contributed by atoms with E-state index >= 15 is 0 Å². The molecule has 5 heteroatoms. The van der Waals surface area contributed by atoms with E-state index in [0.717, 1.165) is 42.4 Å². The first-order valence-electron chi connectivity index (χ1n) is 14.6. The van der Waals surface area contributed by atoms with Gasteiger partial charge in [0, 0.05) is 18.9 Å².